The molecule has 14 heavy (non-hydrogen) atoms. The number of carbonyl (C=O) groups is 1. The first-order valence-corrected chi connectivity index (χ1v) is 3.56. The summed E-state index contributed by atoms with van der Waals surface area (Å²) in [5.41, 5.74) is 4.22. The molecule has 2 rings (SSSR count). The number of aromatic nitrogens is 6. The molecule has 72 valence electrons. The van der Waals surface area contributed by atoms with Crippen molar-refractivity contribution in [2.45, 2.75) is 0 Å². The van der Waals surface area contributed by atoms with Gasteiger partial charge in [0.15, 0.2) is 5.69 Å². The van der Waals surface area contributed by atoms with Gasteiger partial charge in [0.1, 0.15) is 0 Å². The van der Waals surface area contributed by atoms with Crippen LogP contribution in [0.2, 0.25) is 0 Å². The van der Waals surface area contributed by atoms with E-state index in [1.54, 1.807) is 0 Å². The van der Waals surface area contributed by atoms with E-state index in [0.29, 0.717) is 0 Å². The molecule has 0 atom stereocenters. The van der Waals surface area contributed by atoms with E-state index in [2.05, 4.69) is 20.6 Å². The van der Waals surface area contributed by atoms with Crippen LogP contribution in [0, 0.1) is 0 Å². The van der Waals surface area contributed by atoms with Gasteiger partial charge in [-0.05, 0) is 0 Å². The minimum Gasteiger partial charge on any atom is -0.364 e. The van der Waals surface area contributed by atoms with Gasteiger partial charge < -0.3 is 5.73 Å². The summed E-state index contributed by atoms with van der Waals surface area (Å²) in [5.74, 6) is -0.803. The third-order valence-electron chi connectivity index (χ3n) is 1.61. The van der Waals surface area contributed by atoms with E-state index >= 15 is 0 Å². The second kappa shape index (κ2) is 2.58. The van der Waals surface area contributed by atoms with Crippen LogP contribution in [0.1, 0.15) is 10.5 Å². The number of rotatable bonds is 1. The lowest BCUT2D eigenvalue weighted by Gasteiger charge is -1.93. The first kappa shape index (κ1) is 8.29. The summed E-state index contributed by atoms with van der Waals surface area (Å²) >= 11 is 0. The second-order valence-corrected chi connectivity index (χ2v) is 2.53. The van der Waals surface area contributed by atoms with E-state index in [1.165, 1.54) is 7.05 Å². The third kappa shape index (κ3) is 0.952. The van der Waals surface area contributed by atoms with Crippen LogP contribution in [0.3, 0.4) is 0 Å². The number of amides is 1. The van der Waals surface area contributed by atoms with Crippen molar-refractivity contribution in [2.24, 2.45) is 12.8 Å². The van der Waals surface area contributed by atoms with Gasteiger partial charge in [-0.1, -0.05) is 10.4 Å². The predicted octanol–water partition coefficient (Wildman–Crippen LogP) is -2.68. The molecule has 0 aromatic carbocycles. The Bertz CT molecular complexity index is 567. The number of aryl methyl sites for hydroxylation is 1. The quantitative estimate of drug-likeness (QED) is 0.529. The van der Waals surface area contributed by atoms with E-state index in [0.717, 1.165) is 9.20 Å². The Morgan fingerprint density at radius 3 is 2.71 bits per heavy atom. The molecule has 2 heterocycles. The van der Waals surface area contributed by atoms with Crippen molar-refractivity contribution in [1.29, 1.82) is 0 Å². The van der Waals surface area contributed by atoms with Crippen LogP contribution < -0.4 is 11.4 Å². The van der Waals surface area contributed by atoms with Crippen molar-refractivity contribution in [3.8, 4) is 0 Å². The minimum atomic E-state index is -0.803. The molecule has 2 N–H and O–H groups in total. The molecule has 0 fully saturated rings. The van der Waals surface area contributed by atoms with Gasteiger partial charge in [0.2, 0.25) is 5.65 Å². The van der Waals surface area contributed by atoms with E-state index in [9.17, 15) is 9.59 Å². The molecule has 2 aromatic heterocycles. The number of carbonyl (C=O) groups excluding carboxylic acids is 1. The fourth-order valence-corrected chi connectivity index (χ4v) is 0.940. The predicted molar refractivity (Wildman–Crippen MR) is 42.3 cm³/mol. The maximum Gasteiger partial charge on any atom is 0.369 e. The summed E-state index contributed by atoms with van der Waals surface area (Å²) in [6.07, 6.45) is 0. The van der Waals surface area contributed by atoms with Crippen molar-refractivity contribution >= 4 is 11.6 Å². The van der Waals surface area contributed by atoms with Crippen molar-refractivity contribution in [3.63, 3.8) is 0 Å². The van der Waals surface area contributed by atoms with Crippen LogP contribution in [-0.2, 0) is 7.05 Å². The fourth-order valence-electron chi connectivity index (χ4n) is 0.940. The number of nitrogens with two attached hydrogens (primary N) is 1. The third-order valence-corrected chi connectivity index (χ3v) is 1.61. The molecule has 0 aliphatic carbocycles. The molecule has 0 radical (unpaired) electrons. The minimum absolute atomic E-state index is 0.0411. The lowest BCUT2D eigenvalue weighted by molar-refractivity contribution is 0.0997. The Morgan fingerprint density at radius 1 is 1.36 bits per heavy atom. The van der Waals surface area contributed by atoms with E-state index in [-0.39, 0.29) is 11.3 Å². The number of nitrogens with zero attached hydrogens (tertiary/aromatic N) is 6. The van der Waals surface area contributed by atoms with Crippen LogP contribution in [0.4, 0.5) is 0 Å². The Kier molecular flexibility index (Phi) is 1.53. The number of hydrogen-bond donors (Lipinski definition) is 1. The lowest BCUT2D eigenvalue weighted by atomic mass is 10.4. The van der Waals surface area contributed by atoms with Gasteiger partial charge in [-0.2, -0.15) is 4.68 Å². The molecule has 0 aliphatic rings. The van der Waals surface area contributed by atoms with Gasteiger partial charge in [-0.25, -0.2) is 4.79 Å². The van der Waals surface area contributed by atoms with Crippen molar-refractivity contribution in [2.75, 3.05) is 0 Å². The van der Waals surface area contributed by atoms with Crippen LogP contribution in [-0.4, -0.2) is 35.7 Å². The molecule has 0 unspecified atom stereocenters. The maximum absolute atomic E-state index is 11.3. The van der Waals surface area contributed by atoms with Crippen LogP contribution in [0.5, 0.6) is 0 Å². The zero-order valence-electron chi connectivity index (χ0n) is 7.08. The molecular formula is C5H5N7O2. The zero-order valence-corrected chi connectivity index (χ0v) is 7.08. The highest BCUT2D eigenvalue weighted by atomic mass is 16.2. The SMILES string of the molecule is Cn1nnc2c(C(N)=O)nnn2c1=O. The topological polar surface area (TPSA) is 121 Å². The largest absolute Gasteiger partial charge is 0.369 e. The van der Waals surface area contributed by atoms with Gasteiger partial charge in [-0.15, -0.1) is 14.7 Å². The van der Waals surface area contributed by atoms with Crippen LogP contribution >= 0.6 is 0 Å². The second-order valence-electron chi connectivity index (χ2n) is 2.53. The van der Waals surface area contributed by atoms with E-state index < -0.39 is 11.6 Å². The molecule has 0 saturated carbocycles. The highest BCUT2D eigenvalue weighted by Crippen LogP contribution is 1.97. The Hall–Kier alpha value is -2.32. The zero-order chi connectivity index (χ0) is 10.3. The summed E-state index contributed by atoms with van der Waals surface area (Å²) in [6, 6.07) is 0. The highest BCUT2D eigenvalue weighted by molar-refractivity contribution is 5.96. The van der Waals surface area contributed by atoms with Gasteiger partial charge in [0.25, 0.3) is 5.91 Å². The average molecular weight is 195 g/mol. The number of hydrogen-bond acceptors (Lipinski definition) is 6. The first-order chi connectivity index (χ1) is 6.61. The van der Waals surface area contributed by atoms with Gasteiger partial charge in [0, 0.05) is 7.05 Å². The molecular weight excluding hydrogens is 190 g/mol. The standard InChI is InChI=1S/C5H5N7O2/c1-11-5(14)12-4(8-9-11)2(3(6)13)7-10-12/h1H3,(H2,6,13). The van der Waals surface area contributed by atoms with E-state index in [4.69, 9.17) is 5.73 Å². The monoisotopic (exact) mass is 195 g/mol. The van der Waals surface area contributed by atoms with Crippen molar-refractivity contribution in [1.82, 2.24) is 29.8 Å². The maximum atomic E-state index is 11.3. The summed E-state index contributed by atoms with van der Waals surface area (Å²) in [5, 5.41) is 13.9. The van der Waals surface area contributed by atoms with Crippen molar-refractivity contribution in [3.05, 3.63) is 16.2 Å². The first-order valence-electron chi connectivity index (χ1n) is 3.56. The molecule has 0 saturated heterocycles. The smallest absolute Gasteiger partial charge is 0.364 e. The number of fused-ring (bicyclic) bond motifs is 1. The Balaban J connectivity index is 2.91. The number of primary amides is 1. The molecule has 0 aliphatic heterocycles. The average Bonchev–Trinajstić information content (AvgIpc) is 2.55. The molecule has 0 spiro atoms. The van der Waals surface area contributed by atoms with Gasteiger partial charge in [0.05, 0.1) is 0 Å². The molecule has 9 nitrogen and oxygen atoms in total. The summed E-state index contributed by atoms with van der Waals surface area (Å²) in [4.78, 5) is 22.1. The fraction of sp³-hybridized carbons (Fsp3) is 0.200. The Labute approximate surface area is 76.1 Å². The van der Waals surface area contributed by atoms with Gasteiger partial charge >= 0.3 is 5.69 Å². The van der Waals surface area contributed by atoms with Crippen LogP contribution in [0.15, 0.2) is 4.79 Å². The molecule has 0 bridgehead atoms. The van der Waals surface area contributed by atoms with E-state index in [1.807, 2.05) is 0 Å². The van der Waals surface area contributed by atoms with Crippen molar-refractivity contribution < 1.29 is 4.79 Å². The summed E-state index contributed by atoms with van der Waals surface area (Å²) < 4.78 is 1.82. The molecule has 2 aromatic rings. The van der Waals surface area contributed by atoms with Gasteiger partial charge in [-0.3, -0.25) is 4.79 Å². The normalized spacial score (nSPS) is 10.6. The Morgan fingerprint density at radius 2 is 2.07 bits per heavy atom. The highest BCUT2D eigenvalue weighted by Gasteiger charge is 2.15. The molecule has 9 heteroatoms. The summed E-state index contributed by atoms with van der Waals surface area (Å²) in [7, 11) is 1.40. The van der Waals surface area contributed by atoms with Crippen LogP contribution in [0.25, 0.3) is 5.65 Å². The summed E-state index contributed by atoms with van der Waals surface area (Å²) in [6.45, 7) is 0. The lowest BCUT2D eigenvalue weighted by Crippen LogP contribution is -2.28. The molecule has 1 amide bonds.